The van der Waals surface area contributed by atoms with E-state index in [1.54, 1.807) is 29.0 Å². The number of fused-ring (bicyclic) bond motifs is 1. The summed E-state index contributed by atoms with van der Waals surface area (Å²) < 4.78 is 12.6. The minimum Gasteiger partial charge on any atom is -0.444 e. The van der Waals surface area contributed by atoms with Gasteiger partial charge < -0.3 is 20.1 Å². The molecular weight excluding hydrogens is 534 g/mol. The molecule has 4 rings (SSSR count). The van der Waals surface area contributed by atoms with Crippen LogP contribution in [0.5, 0.6) is 0 Å². The fourth-order valence-corrected chi connectivity index (χ4v) is 5.04. The Morgan fingerprint density at radius 2 is 1.69 bits per heavy atom. The second-order valence-electron chi connectivity index (χ2n) is 12.8. The Balaban J connectivity index is 1.44. The molecule has 42 heavy (non-hydrogen) atoms. The van der Waals surface area contributed by atoms with Crippen LogP contribution in [0.2, 0.25) is 0 Å². The first-order valence-corrected chi connectivity index (χ1v) is 14.5. The number of likely N-dealkylation sites (tertiary alicyclic amines) is 1. The molecule has 226 valence electrons. The number of carbonyl (C=O) groups excluding carboxylic acids is 3. The van der Waals surface area contributed by atoms with Gasteiger partial charge in [-0.1, -0.05) is 12.1 Å². The first-order chi connectivity index (χ1) is 19.7. The maximum atomic E-state index is 13.4. The van der Waals surface area contributed by atoms with Gasteiger partial charge in [0.2, 0.25) is 0 Å². The summed E-state index contributed by atoms with van der Waals surface area (Å²) in [6.07, 6.45) is 4.29. The van der Waals surface area contributed by atoms with E-state index in [0.29, 0.717) is 23.4 Å². The van der Waals surface area contributed by atoms with Gasteiger partial charge in [0, 0.05) is 35.5 Å². The SMILES string of the molecule is CN1CCC[C@H]1c1cc2cnc(NC(=O)c3ccc(CCCNC(=O)OC(C)(C)C)cc3)cc2n1C(=O)OC(C)(C)C. The Labute approximate surface area is 247 Å². The molecule has 2 aromatic heterocycles. The Kier molecular flexibility index (Phi) is 9.25. The summed E-state index contributed by atoms with van der Waals surface area (Å²) in [6.45, 7) is 12.5. The molecule has 10 heteroatoms. The summed E-state index contributed by atoms with van der Waals surface area (Å²) in [4.78, 5) is 44.9. The molecule has 1 saturated heterocycles. The Morgan fingerprint density at radius 1 is 1.00 bits per heavy atom. The van der Waals surface area contributed by atoms with Crippen LogP contribution in [0.1, 0.15) is 88.5 Å². The second-order valence-corrected chi connectivity index (χ2v) is 12.8. The molecule has 1 fully saturated rings. The van der Waals surface area contributed by atoms with Crippen molar-refractivity contribution in [3.8, 4) is 0 Å². The third kappa shape index (κ3) is 8.09. The number of nitrogens with one attached hydrogen (secondary N) is 2. The first kappa shape index (κ1) is 31.0. The van der Waals surface area contributed by atoms with Crippen molar-refractivity contribution in [2.75, 3.05) is 25.5 Å². The highest BCUT2D eigenvalue weighted by Crippen LogP contribution is 2.35. The number of benzene rings is 1. The summed E-state index contributed by atoms with van der Waals surface area (Å²) in [6, 6.07) is 11.1. The van der Waals surface area contributed by atoms with E-state index in [1.165, 1.54) is 0 Å². The van der Waals surface area contributed by atoms with Gasteiger partial charge in [-0.05, 0) is 105 Å². The highest BCUT2D eigenvalue weighted by Gasteiger charge is 2.30. The van der Waals surface area contributed by atoms with E-state index < -0.39 is 23.4 Å². The molecule has 3 aromatic rings. The lowest BCUT2D eigenvalue weighted by Gasteiger charge is -2.24. The smallest absolute Gasteiger partial charge is 0.419 e. The lowest BCUT2D eigenvalue weighted by atomic mass is 10.1. The van der Waals surface area contributed by atoms with E-state index >= 15 is 0 Å². The number of hydrogen-bond acceptors (Lipinski definition) is 7. The average Bonchev–Trinajstić information content (AvgIpc) is 3.47. The van der Waals surface area contributed by atoms with Crippen molar-refractivity contribution < 1.29 is 23.9 Å². The predicted molar refractivity (Wildman–Crippen MR) is 163 cm³/mol. The van der Waals surface area contributed by atoms with Crippen molar-refractivity contribution in [2.45, 2.75) is 84.5 Å². The summed E-state index contributed by atoms with van der Waals surface area (Å²) in [5.74, 6) is 0.0464. The minimum atomic E-state index is -0.655. The zero-order chi connectivity index (χ0) is 30.7. The molecule has 0 bridgehead atoms. The largest absolute Gasteiger partial charge is 0.444 e. The van der Waals surface area contributed by atoms with Crippen LogP contribution in [-0.4, -0.2) is 63.9 Å². The molecule has 2 amide bonds. The van der Waals surface area contributed by atoms with Crippen LogP contribution >= 0.6 is 0 Å². The van der Waals surface area contributed by atoms with Crippen LogP contribution in [-0.2, 0) is 15.9 Å². The molecule has 0 saturated carbocycles. The summed E-state index contributed by atoms with van der Waals surface area (Å²) in [7, 11) is 2.06. The zero-order valence-electron chi connectivity index (χ0n) is 25.7. The number of alkyl carbamates (subject to hydrolysis) is 1. The van der Waals surface area contributed by atoms with Crippen LogP contribution in [0.3, 0.4) is 0 Å². The molecule has 0 unspecified atom stereocenters. The van der Waals surface area contributed by atoms with Gasteiger partial charge in [0.1, 0.15) is 17.0 Å². The van der Waals surface area contributed by atoms with Gasteiger partial charge in [0.25, 0.3) is 5.91 Å². The number of rotatable bonds is 7. The zero-order valence-corrected chi connectivity index (χ0v) is 25.7. The number of amides is 2. The average molecular weight is 578 g/mol. The molecule has 2 N–H and O–H groups in total. The third-order valence-corrected chi connectivity index (χ3v) is 6.92. The molecule has 1 aromatic carbocycles. The number of ether oxygens (including phenoxy) is 2. The van der Waals surface area contributed by atoms with Crippen LogP contribution in [0.25, 0.3) is 10.9 Å². The van der Waals surface area contributed by atoms with Crippen molar-refractivity contribution >= 4 is 34.8 Å². The van der Waals surface area contributed by atoms with E-state index in [9.17, 15) is 14.4 Å². The van der Waals surface area contributed by atoms with Crippen LogP contribution in [0.4, 0.5) is 15.4 Å². The van der Waals surface area contributed by atoms with Gasteiger partial charge in [0.15, 0.2) is 0 Å². The minimum absolute atomic E-state index is 0.0922. The predicted octanol–water partition coefficient (Wildman–Crippen LogP) is 6.30. The maximum absolute atomic E-state index is 13.4. The summed E-state index contributed by atoms with van der Waals surface area (Å²) >= 11 is 0. The topological polar surface area (TPSA) is 115 Å². The number of anilines is 1. The van der Waals surface area contributed by atoms with Crippen LogP contribution < -0.4 is 10.6 Å². The normalized spacial score (nSPS) is 15.9. The number of nitrogens with zero attached hydrogens (tertiary/aromatic N) is 3. The third-order valence-electron chi connectivity index (χ3n) is 6.92. The number of hydrogen-bond donors (Lipinski definition) is 2. The molecule has 0 spiro atoms. The van der Waals surface area contributed by atoms with Gasteiger partial charge in [-0.15, -0.1) is 0 Å². The van der Waals surface area contributed by atoms with E-state index in [-0.39, 0.29) is 11.9 Å². The van der Waals surface area contributed by atoms with Gasteiger partial charge in [-0.25, -0.2) is 19.1 Å². The van der Waals surface area contributed by atoms with Gasteiger partial charge in [-0.3, -0.25) is 9.69 Å². The highest BCUT2D eigenvalue weighted by atomic mass is 16.6. The Morgan fingerprint density at radius 3 is 2.31 bits per heavy atom. The number of aryl methyl sites for hydroxylation is 1. The van der Waals surface area contributed by atoms with Crippen molar-refractivity contribution in [1.82, 2.24) is 19.8 Å². The molecule has 1 aliphatic rings. The maximum Gasteiger partial charge on any atom is 0.419 e. The first-order valence-electron chi connectivity index (χ1n) is 14.5. The second kappa shape index (κ2) is 12.5. The summed E-state index contributed by atoms with van der Waals surface area (Å²) in [5, 5.41) is 6.43. The summed E-state index contributed by atoms with van der Waals surface area (Å²) in [5.41, 5.74) is 1.86. The van der Waals surface area contributed by atoms with Crippen molar-refractivity contribution in [2.24, 2.45) is 0 Å². The lowest BCUT2D eigenvalue weighted by Crippen LogP contribution is -2.33. The molecule has 3 heterocycles. The number of carbonyl (C=O) groups is 3. The van der Waals surface area contributed by atoms with E-state index in [0.717, 1.165) is 48.9 Å². The van der Waals surface area contributed by atoms with Gasteiger partial charge in [0.05, 0.1) is 11.6 Å². The lowest BCUT2D eigenvalue weighted by molar-refractivity contribution is 0.0518. The number of pyridine rings is 1. The van der Waals surface area contributed by atoms with Crippen molar-refractivity contribution in [1.29, 1.82) is 0 Å². The van der Waals surface area contributed by atoms with Crippen LogP contribution in [0, 0.1) is 0 Å². The molecule has 0 aliphatic carbocycles. The Bertz CT molecular complexity index is 1430. The van der Waals surface area contributed by atoms with E-state index in [4.69, 9.17) is 9.47 Å². The fraction of sp³-hybridized carbons (Fsp3) is 0.500. The monoisotopic (exact) mass is 577 g/mol. The van der Waals surface area contributed by atoms with Gasteiger partial charge >= 0.3 is 12.2 Å². The van der Waals surface area contributed by atoms with Crippen molar-refractivity contribution in [3.05, 3.63) is 59.4 Å². The highest BCUT2D eigenvalue weighted by molar-refractivity contribution is 6.04. The van der Waals surface area contributed by atoms with Crippen molar-refractivity contribution in [3.63, 3.8) is 0 Å². The quantitative estimate of drug-likeness (QED) is 0.317. The molecule has 1 aliphatic heterocycles. The molecule has 0 radical (unpaired) electrons. The molecule has 10 nitrogen and oxygen atoms in total. The molecular formula is C32H43N5O5. The Hall–Kier alpha value is -3.92. The fourth-order valence-electron chi connectivity index (χ4n) is 5.04. The van der Waals surface area contributed by atoms with Gasteiger partial charge in [-0.2, -0.15) is 0 Å². The van der Waals surface area contributed by atoms with E-state index in [1.807, 2.05) is 59.7 Å². The number of aromatic nitrogens is 2. The molecule has 1 atom stereocenters. The standard InChI is InChI=1S/C32H43N5O5/c1-31(2,3)41-29(39)33-16-8-10-21-12-14-22(15-13-21)28(38)35-27-19-25-23(20-34-27)18-26(24-11-9-17-36(24)7)37(25)30(40)42-32(4,5)6/h12-15,18-20,24H,8-11,16-17H2,1-7H3,(H,33,39)(H,34,35,38)/t24-/m0/s1. The van der Waals surface area contributed by atoms with Crippen LogP contribution in [0.15, 0.2) is 42.6 Å². The van der Waals surface area contributed by atoms with E-state index in [2.05, 4.69) is 27.6 Å².